The minimum Gasteiger partial charge on any atom is -0.201 e. The van der Waals surface area contributed by atoms with Crippen molar-refractivity contribution in [3.8, 4) is 33.6 Å². The van der Waals surface area contributed by atoms with Gasteiger partial charge >= 0.3 is 0 Å². The van der Waals surface area contributed by atoms with Crippen LogP contribution in [0.1, 0.15) is 121 Å². The molecule has 280 valence electrons. The molecule has 2 nitrogen and oxygen atoms in total. The molecule has 1 aliphatic heterocycles. The summed E-state index contributed by atoms with van der Waals surface area (Å²) in [7, 11) is 2.19. The zero-order valence-corrected chi connectivity index (χ0v) is 35.6. The molecule has 0 atom stereocenters. The summed E-state index contributed by atoms with van der Waals surface area (Å²) >= 11 is 0. The van der Waals surface area contributed by atoms with Crippen molar-refractivity contribution in [2.75, 3.05) is 0 Å². The lowest BCUT2D eigenvalue weighted by atomic mass is 9.75. The molecule has 0 radical (unpaired) electrons. The molecule has 0 amide bonds. The zero-order valence-electron chi connectivity index (χ0n) is 35.6. The third kappa shape index (κ3) is 6.27. The number of pyridine rings is 2. The van der Waals surface area contributed by atoms with Crippen LogP contribution in [0.15, 0.2) is 103 Å². The van der Waals surface area contributed by atoms with E-state index in [0.717, 1.165) is 12.8 Å². The Morgan fingerprint density at radius 1 is 0.618 bits per heavy atom. The van der Waals surface area contributed by atoms with E-state index in [9.17, 15) is 0 Å². The van der Waals surface area contributed by atoms with Gasteiger partial charge in [0, 0.05) is 35.2 Å². The predicted octanol–water partition coefficient (Wildman–Crippen LogP) is 12.4. The molecule has 55 heavy (non-hydrogen) atoms. The van der Waals surface area contributed by atoms with Gasteiger partial charge in [-0.25, -0.2) is 4.57 Å². The quantitative estimate of drug-likeness (QED) is 0.161. The first-order chi connectivity index (χ1) is 25.7. The number of rotatable bonds is 3. The summed E-state index contributed by atoms with van der Waals surface area (Å²) in [5, 5.41) is 2.71. The van der Waals surface area contributed by atoms with Crippen LogP contribution >= 0.6 is 0 Å². The van der Waals surface area contributed by atoms with E-state index in [-0.39, 0.29) is 21.7 Å². The van der Waals surface area contributed by atoms with Crippen LogP contribution in [-0.4, -0.2) is 0 Å². The van der Waals surface area contributed by atoms with E-state index in [1.54, 1.807) is 0 Å². The summed E-state index contributed by atoms with van der Waals surface area (Å²) in [4.78, 5) is 0. The number of fused-ring (bicyclic) bond motifs is 9. The van der Waals surface area contributed by atoms with Gasteiger partial charge in [0.15, 0.2) is 18.1 Å². The number of aryl methyl sites for hydroxylation is 2. The summed E-state index contributed by atoms with van der Waals surface area (Å²) in [5.41, 5.74) is 20.5. The van der Waals surface area contributed by atoms with Crippen LogP contribution in [0, 0.1) is 6.92 Å². The van der Waals surface area contributed by atoms with Gasteiger partial charge in [-0.3, -0.25) is 0 Å². The minimum atomic E-state index is -0.150. The Bertz CT molecular complexity index is 2570. The molecule has 2 aromatic heterocycles. The number of aromatic nitrogens is 2. The van der Waals surface area contributed by atoms with Crippen LogP contribution < -0.4 is 9.13 Å². The molecule has 1 aliphatic carbocycles. The van der Waals surface area contributed by atoms with E-state index in [0.29, 0.717) is 0 Å². The number of hydrogen-bond donors (Lipinski definition) is 0. The predicted molar refractivity (Wildman–Crippen MR) is 233 cm³/mol. The third-order valence-corrected chi connectivity index (χ3v) is 12.6. The lowest BCUT2D eigenvalue weighted by Gasteiger charge is -2.29. The Hall–Kier alpha value is -4.82. The van der Waals surface area contributed by atoms with Crippen molar-refractivity contribution >= 4 is 16.5 Å². The van der Waals surface area contributed by atoms with Crippen LogP contribution in [-0.2, 0) is 41.5 Å². The molecule has 2 heteroatoms. The Kier molecular flexibility index (Phi) is 8.51. The van der Waals surface area contributed by atoms with Gasteiger partial charge in [0.1, 0.15) is 7.05 Å². The SMILES string of the molecule is Cc1ccc2c3c(ccc2c1)-c1ccc2c(c1C3(C)C)-c1cc(C(C)(C)C)cc[n+]1/C(=C\Cc1ccc(C(C)(C)C)cc1-c1cc(C(C)(C)C)cc[n+]1C)C2. The molecule has 2 aliphatic rings. The van der Waals surface area contributed by atoms with Gasteiger partial charge in [-0.2, -0.15) is 4.57 Å². The van der Waals surface area contributed by atoms with Gasteiger partial charge in [-0.05, 0) is 103 Å². The first-order valence-electron chi connectivity index (χ1n) is 20.3. The number of nitrogens with zero attached hydrogens (tertiary/aromatic N) is 2. The zero-order chi connectivity index (χ0) is 39.4. The fraction of sp³-hybridized carbons (Fsp3) is 0.358. The van der Waals surface area contributed by atoms with E-state index in [2.05, 4.69) is 203 Å². The molecule has 4 aromatic carbocycles. The topological polar surface area (TPSA) is 7.76 Å². The number of hydrogen-bond acceptors (Lipinski definition) is 0. The molecule has 0 fully saturated rings. The molecular weight excluding hydrogens is 665 g/mol. The minimum absolute atomic E-state index is 0.0302. The molecule has 0 bridgehead atoms. The molecular formula is C53H60N2+2. The van der Waals surface area contributed by atoms with Crippen molar-refractivity contribution < 1.29 is 9.13 Å². The van der Waals surface area contributed by atoms with Crippen LogP contribution in [0.3, 0.4) is 0 Å². The normalized spacial score (nSPS) is 15.5. The van der Waals surface area contributed by atoms with Crippen molar-refractivity contribution in [1.29, 1.82) is 0 Å². The molecule has 0 spiro atoms. The van der Waals surface area contributed by atoms with Gasteiger partial charge in [0.05, 0.1) is 12.0 Å². The van der Waals surface area contributed by atoms with Gasteiger partial charge in [-0.1, -0.05) is 136 Å². The van der Waals surface area contributed by atoms with Crippen LogP contribution in [0.2, 0.25) is 0 Å². The molecule has 0 N–H and O–H groups in total. The van der Waals surface area contributed by atoms with Crippen molar-refractivity contribution in [2.45, 2.75) is 118 Å². The summed E-state index contributed by atoms with van der Waals surface area (Å²) in [6.45, 7) is 28.0. The van der Waals surface area contributed by atoms with Crippen molar-refractivity contribution in [2.24, 2.45) is 7.05 Å². The Labute approximate surface area is 330 Å². The van der Waals surface area contributed by atoms with Gasteiger partial charge in [0.25, 0.3) is 0 Å². The number of allylic oxidation sites excluding steroid dienone is 2. The Morgan fingerprint density at radius 3 is 1.93 bits per heavy atom. The lowest BCUT2D eigenvalue weighted by molar-refractivity contribution is -0.660. The molecule has 0 saturated heterocycles. The highest BCUT2D eigenvalue weighted by Crippen LogP contribution is 2.55. The van der Waals surface area contributed by atoms with Gasteiger partial charge in [-0.15, -0.1) is 0 Å². The average Bonchev–Trinajstić information content (AvgIpc) is 3.35. The first kappa shape index (κ1) is 37.1. The van der Waals surface area contributed by atoms with Crippen molar-refractivity contribution in [3.05, 3.63) is 148 Å². The third-order valence-electron chi connectivity index (χ3n) is 12.6. The summed E-state index contributed by atoms with van der Waals surface area (Å²) in [6, 6.07) is 33.3. The molecule has 0 saturated carbocycles. The van der Waals surface area contributed by atoms with Gasteiger partial charge < -0.3 is 0 Å². The molecule has 3 heterocycles. The fourth-order valence-corrected chi connectivity index (χ4v) is 9.28. The largest absolute Gasteiger partial charge is 0.219 e. The highest BCUT2D eigenvalue weighted by Gasteiger charge is 2.43. The summed E-state index contributed by atoms with van der Waals surface area (Å²) < 4.78 is 4.81. The first-order valence-corrected chi connectivity index (χ1v) is 20.3. The summed E-state index contributed by atoms with van der Waals surface area (Å²) in [6.07, 6.45) is 8.85. The van der Waals surface area contributed by atoms with E-state index in [1.165, 1.54) is 94.6 Å². The Balaban J connectivity index is 1.29. The second-order valence-corrected chi connectivity index (χ2v) is 20.1. The lowest BCUT2D eigenvalue weighted by Crippen LogP contribution is -2.40. The summed E-state index contributed by atoms with van der Waals surface area (Å²) in [5.74, 6) is 0. The maximum Gasteiger partial charge on any atom is 0.219 e. The fourth-order valence-electron chi connectivity index (χ4n) is 9.28. The standard InChI is InChI=1S/C53H60N2/c1-33-14-21-41-35(28-33)17-22-42-43-23-18-36-29-40(55-27-25-39(52(8,9)10)32-46(55)47(36)49(43)53(11,12)48(41)42)20-16-34-15-19-37(50(2,3)4)30-44(34)45-31-38(51(5,6)7)24-26-54(45)13/h14-15,17-28,30-32H,16,29H2,1-13H3/q+2/b40-20-. The van der Waals surface area contributed by atoms with E-state index < -0.39 is 0 Å². The number of benzene rings is 4. The van der Waals surface area contributed by atoms with Gasteiger partial charge in [0.2, 0.25) is 11.4 Å². The highest BCUT2D eigenvalue weighted by molar-refractivity contribution is 6.00. The maximum atomic E-state index is 2.52. The van der Waals surface area contributed by atoms with Crippen LogP contribution in [0.4, 0.5) is 0 Å². The molecule has 6 aromatic rings. The average molecular weight is 725 g/mol. The highest BCUT2D eigenvalue weighted by atomic mass is 15.0. The molecule has 8 rings (SSSR count). The smallest absolute Gasteiger partial charge is 0.201 e. The van der Waals surface area contributed by atoms with Crippen molar-refractivity contribution in [1.82, 2.24) is 0 Å². The Morgan fingerprint density at radius 2 is 1.24 bits per heavy atom. The van der Waals surface area contributed by atoms with E-state index >= 15 is 0 Å². The van der Waals surface area contributed by atoms with Crippen LogP contribution in [0.25, 0.3) is 50.1 Å². The van der Waals surface area contributed by atoms with E-state index in [1.807, 2.05) is 0 Å². The second-order valence-electron chi connectivity index (χ2n) is 20.1. The second kappa shape index (κ2) is 12.6. The monoisotopic (exact) mass is 724 g/mol. The maximum absolute atomic E-state index is 2.52. The van der Waals surface area contributed by atoms with E-state index in [4.69, 9.17) is 0 Å². The van der Waals surface area contributed by atoms with Crippen molar-refractivity contribution in [3.63, 3.8) is 0 Å². The molecule has 0 unspecified atom stereocenters. The van der Waals surface area contributed by atoms with Crippen LogP contribution in [0.5, 0.6) is 0 Å².